The van der Waals surface area contributed by atoms with Crippen LogP contribution in [0.3, 0.4) is 0 Å². The predicted molar refractivity (Wildman–Crippen MR) is 67.2 cm³/mol. The van der Waals surface area contributed by atoms with Crippen LogP contribution in [0.15, 0.2) is 18.2 Å². The molecule has 0 aliphatic carbocycles. The number of imide groups is 1. The molecular weight excluding hydrogens is 254 g/mol. The normalized spacial score (nSPS) is 13.9. The van der Waals surface area contributed by atoms with Crippen LogP contribution < -0.4 is 0 Å². The fourth-order valence-corrected chi connectivity index (χ4v) is 2.17. The second-order valence-corrected chi connectivity index (χ2v) is 4.81. The zero-order valence-corrected chi connectivity index (χ0v) is 10.5. The minimum absolute atomic E-state index is 0.0154. The molecule has 1 aliphatic rings. The maximum absolute atomic E-state index is 12.0. The van der Waals surface area contributed by atoms with Gasteiger partial charge in [-0.05, 0) is 24.5 Å². The Hall–Kier alpha value is -1.82. The molecule has 0 radical (unpaired) electrons. The first kappa shape index (κ1) is 12.6. The van der Waals surface area contributed by atoms with Crippen LogP contribution in [0.25, 0.3) is 0 Å². The third kappa shape index (κ3) is 1.99. The molecule has 0 saturated carbocycles. The lowest BCUT2D eigenvalue weighted by Gasteiger charge is -2.11. The molecular formula is C12H11NO4S. The first-order valence-electron chi connectivity index (χ1n) is 5.28. The summed E-state index contributed by atoms with van der Waals surface area (Å²) in [5.74, 6) is -1.20. The number of carboxylic acids is 1. The molecule has 0 atom stereocenters. The van der Waals surface area contributed by atoms with Gasteiger partial charge in [-0.2, -0.15) is 11.8 Å². The van der Waals surface area contributed by atoms with Crippen molar-refractivity contribution in [3.05, 3.63) is 34.9 Å². The second-order valence-electron chi connectivity index (χ2n) is 3.82. The third-order valence-electron chi connectivity index (χ3n) is 2.74. The highest BCUT2D eigenvalue weighted by atomic mass is 32.2. The van der Waals surface area contributed by atoms with Gasteiger partial charge in [-0.1, -0.05) is 0 Å². The van der Waals surface area contributed by atoms with Crippen molar-refractivity contribution >= 4 is 29.5 Å². The van der Waals surface area contributed by atoms with Gasteiger partial charge in [-0.3, -0.25) is 14.5 Å². The molecule has 1 heterocycles. The Morgan fingerprint density at radius 3 is 2.56 bits per heavy atom. The largest absolute Gasteiger partial charge is 0.478 e. The number of carbonyl (C=O) groups is 3. The fourth-order valence-electron chi connectivity index (χ4n) is 1.81. The van der Waals surface area contributed by atoms with Crippen LogP contribution in [0.4, 0.5) is 0 Å². The van der Waals surface area contributed by atoms with Crippen LogP contribution in [0.5, 0.6) is 0 Å². The molecule has 18 heavy (non-hydrogen) atoms. The maximum atomic E-state index is 12.0. The highest BCUT2D eigenvalue weighted by molar-refractivity contribution is 7.98. The van der Waals surface area contributed by atoms with Crippen LogP contribution >= 0.6 is 11.8 Å². The van der Waals surface area contributed by atoms with Crippen LogP contribution in [0, 0.1) is 0 Å². The van der Waals surface area contributed by atoms with Crippen LogP contribution in [-0.4, -0.2) is 46.3 Å². The molecule has 2 rings (SSSR count). The summed E-state index contributed by atoms with van der Waals surface area (Å²) < 4.78 is 0. The van der Waals surface area contributed by atoms with E-state index in [2.05, 4.69) is 0 Å². The van der Waals surface area contributed by atoms with Crippen molar-refractivity contribution in [2.75, 3.05) is 18.6 Å². The molecule has 0 spiro atoms. The molecule has 6 heteroatoms. The van der Waals surface area contributed by atoms with Gasteiger partial charge in [0.25, 0.3) is 11.8 Å². The number of hydrogen-bond acceptors (Lipinski definition) is 4. The molecule has 5 nitrogen and oxygen atoms in total. The van der Waals surface area contributed by atoms with E-state index >= 15 is 0 Å². The van der Waals surface area contributed by atoms with Crippen LogP contribution in [0.1, 0.15) is 31.1 Å². The lowest BCUT2D eigenvalue weighted by atomic mass is 10.1. The van der Waals surface area contributed by atoms with E-state index in [-0.39, 0.29) is 22.6 Å². The lowest BCUT2D eigenvalue weighted by Crippen LogP contribution is -2.31. The van der Waals surface area contributed by atoms with Crippen molar-refractivity contribution in [2.45, 2.75) is 0 Å². The molecule has 0 fully saturated rings. The number of amides is 2. The first-order valence-corrected chi connectivity index (χ1v) is 6.68. The van der Waals surface area contributed by atoms with Crippen molar-refractivity contribution in [1.29, 1.82) is 0 Å². The molecule has 0 unspecified atom stereocenters. The summed E-state index contributed by atoms with van der Waals surface area (Å²) >= 11 is 1.54. The number of carbonyl (C=O) groups excluding carboxylic acids is 2. The molecule has 0 aromatic heterocycles. The molecule has 2 amide bonds. The van der Waals surface area contributed by atoms with Gasteiger partial charge in [0.1, 0.15) is 0 Å². The second kappa shape index (κ2) is 4.81. The van der Waals surface area contributed by atoms with Gasteiger partial charge in [0.05, 0.1) is 16.7 Å². The average Bonchev–Trinajstić information content (AvgIpc) is 2.59. The third-order valence-corrected chi connectivity index (χ3v) is 3.33. The van der Waals surface area contributed by atoms with E-state index in [1.807, 2.05) is 6.26 Å². The van der Waals surface area contributed by atoms with Gasteiger partial charge in [-0.25, -0.2) is 4.79 Å². The molecule has 0 bridgehead atoms. The van der Waals surface area contributed by atoms with Crippen molar-refractivity contribution in [2.24, 2.45) is 0 Å². The molecule has 0 saturated heterocycles. The predicted octanol–water partition coefficient (Wildman–Crippen LogP) is 1.34. The van der Waals surface area contributed by atoms with Gasteiger partial charge in [0, 0.05) is 12.3 Å². The Morgan fingerprint density at radius 1 is 1.28 bits per heavy atom. The Labute approximate surface area is 108 Å². The molecule has 1 aliphatic heterocycles. The summed E-state index contributed by atoms with van der Waals surface area (Å²) in [6, 6.07) is 4.00. The van der Waals surface area contributed by atoms with E-state index in [0.717, 1.165) is 4.90 Å². The highest BCUT2D eigenvalue weighted by Crippen LogP contribution is 2.24. The highest BCUT2D eigenvalue weighted by Gasteiger charge is 2.35. The number of benzene rings is 1. The fraction of sp³-hybridized carbons (Fsp3) is 0.250. The van der Waals surface area contributed by atoms with Gasteiger partial charge < -0.3 is 5.11 Å². The summed E-state index contributed by atoms with van der Waals surface area (Å²) in [6.07, 6.45) is 1.89. The maximum Gasteiger partial charge on any atom is 0.335 e. The summed E-state index contributed by atoms with van der Waals surface area (Å²) in [5.41, 5.74) is 0.480. The number of hydrogen-bond donors (Lipinski definition) is 1. The minimum Gasteiger partial charge on any atom is -0.478 e. The number of rotatable bonds is 4. The molecule has 94 valence electrons. The molecule has 1 N–H and O–H groups in total. The van der Waals surface area contributed by atoms with Gasteiger partial charge in [-0.15, -0.1) is 0 Å². The van der Waals surface area contributed by atoms with Crippen molar-refractivity contribution < 1.29 is 19.5 Å². The smallest absolute Gasteiger partial charge is 0.335 e. The number of thioether (sulfide) groups is 1. The zero-order chi connectivity index (χ0) is 13.3. The topological polar surface area (TPSA) is 74.7 Å². The Kier molecular flexibility index (Phi) is 3.38. The zero-order valence-electron chi connectivity index (χ0n) is 9.67. The van der Waals surface area contributed by atoms with Crippen molar-refractivity contribution in [3.63, 3.8) is 0 Å². The molecule has 1 aromatic rings. The lowest BCUT2D eigenvalue weighted by molar-refractivity contribution is 0.0662. The Morgan fingerprint density at radius 2 is 1.94 bits per heavy atom. The summed E-state index contributed by atoms with van der Waals surface area (Å²) in [6.45, 7) is 0.343. The summed E-state index contributed by atoms with van der Waals surface area (Å²) in [4.78, 5) is 35.9. The number of nitrogens with zero attached hydrogens (tertiary/aromatic N) is 1. The number of aromatic carboxylic acids is 1. The Bertz CT molecular complexity index is 541. The first-order chi connectivity index (χ1) is 8.56. The minimum atomic E-state index is -1.11. The van der Waals surface area contributed by atoms with E-state index in [9.17, 15) is 14.4 Å². The van der Waals surface area contributed by atoms with E-state index in [0.29, 0.717) is 12.3 Å². The van der Waals surface area contributed by atoms with Crippen LogP contribution in [-0.2, 0) is 0 Å². The van der Waals surface area contributed by atoms with Gasteiger partial charge >= 0.3 is 5.97 Å². The Balaban J connectivity index is 2.36. The van der Waals surface area contributed by atoms with E-state index in [4.69, 9.17) is 5.11 Å². The standard InChI is InChI=1S/C12H11NO4S/c1-18-5-4-13-10(14)8-3-2-7(12(16)17)6-9(8)11(13)15/h2-3,6H,4-5H2,1H3,(H,16,17). The van der Waals surface area contributed by atoms with E-state index in [1.165, 1.54) is 30.0 Å². The average molecular weight is 265 g/mol. The quantitative estimate of drug-likeness (QED) is 0.832. The molecule has 1 aromatic carbocycles. The van der Waals surface area contributed by atoms with Crippen molar-refractivity contribution in [3.8, 4) is 0 Å². The number of fused-ring (bicyclic) bond motifs is 1. The SMILES string of the molecule is CSCCN1C(=O)c2ccc(C(=O)O)cc2C1=O. The van der Waals surface area contributed by atoms with Gasteiger partial charge in [0.2, 0.25) is 0 Å². The summed E-state index contributed by atoms with van der Waals surface area (Å²) in [5, 5.41) is 8.86. The summed E-state index contributed by atoms with van der Waals surface area (Å²) in [7, 11) is 0. The van der Waals surface area contributed by atoms with Gasteiger partial charge in [0.15, 0.2) is 0 Å². The van der Waals surface area contributed by atoms with Crippen LogP contribution in [0.2, 0.25) is 0 Å². The number of carboxylic acid groups (broad SMARTS) is 1. The monoisotopic (exact) mass is 265 g/mol. The van der Waals surface area contributed by atoms with E-state index in [1.54, 1.807) is 0 Å². The van der Waals surface area contributed by atoms with Crippen molar-refractivity contribution in [1.82, 2.24) is 4.90 Å². The van der Waals surface area contributed by atoms with E-state index < -0.39 is 11.9 Å².